The van der Waals surface area contributed by atoms with Gasteiger partial charge in [-0.05, 0) is 60.2 Å². The molecular formula is C21H20N2O5S. The van der Waals surface area contributed by atoms with Gasteiger partial charge in [-0.25, -0.2) is 4.99 Å². The van der Waals surface area contributed by atoms with Crippen molar-refractivity contribution in [2.24, 2.45) is 4.99 Å². The Morgan fingerprint density at radius 3 is 2.69 bits per heavy atom. The maximum absolute atomic E-state index is 12.3. The standard InChI is InChI=1S/C21H20N2O5S/c1-13-3-8-17(27-2)16(11-13)22-21-23-20(26)18(29-21)12-14-4-6-15(7-5-14)28-10-9-19(24)25/h3-8,11-12H,9-10H2,1-2H3,(H,24,25)(H,22,23,26)/b18-12-. The molecule has 2 aromatic carbocycles. The molecule has 0 aromatic heterocycles. The van der Waals surface area contributed by atoms with E-state index in [-0.39, 0.29) is 18.9 Å². The van der Waals surface area contributed by atoms with E-state index < -0.39 is 5.97 Å². The normalized spacial score (nSPS) is 16.1. The van der Waals surface area contributed by atoms with Gasteiger partial charge >= 0.3 is 5.97 Å². The number of hydrogen-bond donors (Lipinski definition) is 2. The van der Waals surface area contributed by atoms with E-state index in [1.807, 2.05) is 25.1 Å². The molecule has 2 aromatic rings. The summed E-state index contributed by atoms with van der Waals surface area (Å²) in [6.45, 7) is 2.07. The summed E-state index contributed by atoms with van der Waals surface area (Å²) in [5.41, 5.74) is 2.52. The number of amidine groups is 1. The van der Waals surface area contributed by atoms with Gasteiger partial charge in [0.15, 0.2) is 5.17 Å². The number of aliphatic carboxylic acids is 1. The van der Waals surface area contributed by atoms with Crippen LogP contribution in [0.15, 0.2) is 52.4 Å². The van der Waals surface area contributed by atoms with Gasteiger partial charge in [0, 0.05) is 0 Å². The largest absolute Gasteiger partial charge is 0.494 e. The lowest BCUT2D eigenvalue weighted by Gasteiger charge is -2.05. The lowest BCUT2D eigenvalue weighted by Crippen LogP contribution is -2.19. The molecule has 0 bridgehead atoms. The highest BCUT2D eigenvalue weighted by molar-refractivity contribution is 8.18. The molecule has 0 radical (unpaired) electrons. The van der Waals surface area contributed by atoms with Crippen molar-refractivity contribution in [3.63, 3.8) is 0 Å². The Balaban J connectivity index is 1.71. The van der Waals surface area contributed by atoms with Crippen molar-refractivity contribution in [3.8, 4) is 11.5 Å². The number of nitrogens with zero attached hydrogens (tertiary/aromatic N) is 1. The van der Waals surface area contributed by atoms with Crippen LogP contribution in [0.5, 0.6) is 11.5 Å². The van der Waals surface area contributed by atoms with Crippen LogP contribution in [0.3, 0.4) is 0 Å². The number of thioether (sulfide) groups is 1. The zero-order chi connectivity index (χ0) is 20.8. The summed E-state index contributed by atoms with van der Waals surface area (Å²) in [7, 11) is 1.58. The van der Waals surface area contributed by atoms with Gasteiger partial charge < -0.3 is 19.9 Å². The highest BCUT2D eigenvalue weighted by Gasteiger charge is 2.24. The van der Waals surface area contributed by atoms with E-state index in [1.54, 1.807) is 37.5 Å². The molecule has 7 nitrogen and oxygen atoms in total. The van der Waals surface area contributed by atoms with Crippen molar-refractivity contribution in [1.29, 1.82) is 0 Å². The van der Waals surface area contributed by atoms with Gasteiger partial charge in [0.1, 0.15) is 17.2 Å². The summed E-state index contributed by atoms with van der Waals surface area (Å²) >= 11 is 1.25. The number of carboxylic acid groups (broad SMARTS) is 1. The zero-order valence-corrected chi connectivity index (χ0v) is 16.8. The minimum absolute atomic E-state index is 0.0591. The van der Waals surface area contributed by atoms with Gasteiger partial charge in [0.2, 0.25) is 0 Å². The van der Waals surface area contributed by atoms with Crippen LogP contribution < -0.4 is 14.8 Å². The minimum Gasteiger partial charge on any atom is -0.494 e. The lowest BCUT2D eigenvalue weighted by molar-refractivity contribution is -0.137. The third-order valence-corrected chi connectivity index (χ3v) is 4.88. The topological polar surface area (TPSA) is 97.2 Å². The maximum Gasteiger partial charge on any atom is 0.306 e. The fourth-order valence-electron chi connectivity index (χ4n) is 2.55. The molecule has 0 saturated carbocycles. The number of rotatable bonds is 7. The summed E-state index contributed by atoms with van der Waals surface area (Å²) in [5.74, 6) is 0.0816. The fraction of sp³-hybridized carbons (Fsp3) is 0.190. The molecule has 8 heteroatoms. The molecule has 1 fully saturated rings. The Kier molecular flexibility index (Phi) is 6.56. The van der Waals surface area contributed by atoms with Gasteiger partial charge in [-0.1, -0.05) is 18.2 Å². The third kappa shape index (κ3) is 5.61. The molecule has 1 aliphatic rings. The van der Waals surface area contributed by atoms with Crippen LogP contribution in [0.4, 0.5) is 5.69 Å². The quantitative estimate of drug-likeness (QED) is 0.673. The monoisotopic (exact) mass is 412 g/mol. The van der Waals surface area contributed by atoms with Crippen LogP contribution in [0.2, 0.25) is 0 Å². The second-order valence-corrected chi connectivity index (χ2v) is 7.25. The maximum atomic E-state index is 12.3. The van der Waals surface area contributed by atoms with E-state index in [9.17, 15) is 9.59 Å². The number of carbonyl (C=O) groups is 2. The smallest absolute Gasteiger partial charge is 0.306 e. The van der Waals surface area contributed by atoms with Crippen molar-refractivity contribution in [1.82, 2.24) is 5.32 Å². The van der Waals surface area contributed by atoms with Gasteiger partial charge in [-0.15, -0.1) is 0 Å². The van der Waals surface area contributed by atoms with Gasteiger partial charge in [0.05, 0.1) is 25.0 Å². The number of aliphatic imine (C=N–C) groups is 1. The summed E-state index contributed by atoms with van der Waals surface area (Å²) < 4.78 is 10.7. The molecular weight excluding hydrogens is 392 g/mol. The first kappa shape index (κ1) is 20.5. The molecule has 0 atom stereocenters. The molecule has 1 amide bonds. The number of carboxylic acids is 1. The highest BCUT2D eigenvalue weighted by atomic mass is 32.2. The first-order valence-electron chi connectivity index (χ1n) is 8.83. The summed E-state index contributed by atoms with van der Waals surface area (Å²) in [5, 5.41) is 11.9. The third-order valence-electron chi connectivity index (χ3n) is 3.97. The number of benzene rings is 2. The number of hydrogen-bond acceptors (Lipinski definition) is 6. The van der Waals surface area contributed by atoms with Gasteiger partial charge in [0.25, 0.3) is 5.91 Å². The molecule has 1 aliphatic heterocycles. The Labute approximate surface area is 172 Å². The predicted octanol–water partition coefficient (Wildman–Crippen LogP) is 3.75. The molecule has 0 spiro atoms. The zero-order valence-electron chi connectivity index (χ0n) is 16.0. The van der Waals surface area contributed by atoms with E-state index >= 15 is 0 Å². The van der Waals surface area contributed by atoms with E-state index in [1.165, 1.54) is 11.8 Å². The van der Waals surface area contributed by atoms with Crippen LogP contribution in [0.1, 0.15) is 17.5 Å². The number of nitrogens with one attached hydrogen (secondary N) is 1. The van der Waals surface area contributed by atoms with Crippen LogP contribution in [0.25, 0.3) is 6.08 Å². The van der Waals surface area contributed by atoms with Crippen LogP contribution >= 0.6 is 11.8 Å². The van der Waals surface area contributed by atoms with Crippen LogP contribution in [-0.2, 0) is 9.59 Å². The van der Waals surface area contributed by atoms with Crippen molar-refractivity contribution >= 4 is 40.6 Å². The molecule has 0 unspecified atom stereocenters. The Morgan fingerprint density at radius 1 is 1.24 bits per heavy atom. The van der Waals surface area contributed by atoms with Crippen molar-refractivity contribution in [2.45, 2.75) is 13.3 Å². The molecule has 150 valence electrons. The highest BCUT2D eigenvalue weighted by Crippen LogP contribution is 2.33. The summed E-state index contributed by atoms with van der Waals surface area (Å²) in [6, 6.07) is 12.7. The van der Waals surface area contributed by atoms with Crippen molar-refractivity contribution in [2.75, 3.05) is 13.7 Å². The van der Waals surface area contributed by atoms with E-state index in [4.69, 9.17) is 14.6 Å². The SMILES string of the molecule is COc1ccc(C)cc1N=C1NC(=O)/C(=C/c2ccc(OCCC(=O)O)cc2)S1. The van der Waals surface area contributed by atoms with Crippen molar-refractivity contribution < 1.29 is 24.2 Å². The van der Waals surface area contributed by atoms with Crippen molar-refractivity contribution in [3.05, 3.63) is 58.5 Å². The minimum atomic E-state index is -0.906. The molecule has 2 N–H and O–H groups in total. The second-order valence-electron chi connectivity index (χ2n) is 6.22. The van der Waals surface area contributed by atoms with E-state index in [0.717, 1.165) is 11.1 Å². The number of aryl methyl sites for hydroxylation is 1. The molecule has 1 saturated heterocycles. The first-order chi connectivity index (χ1) is 13.9. The second kappa shape index (κ2) is 9.29. The van der Waals surface area contributed by atoms with Gasteiger partial charge in [-0.2, -0.15) is 0 Å². The first-order valence-corrected chi connectivity index (χ1v) is 9.65. The fourth-order valence-corrected chi connectivity index (χ4v) is 3.38. The predicted molar refractivity (Wildman–Crippen MR) is 113 cm³/mol. The molecule has 0 aliphatic carbocycles. The molecule has 3 rings (SSSR count). The molecule has 1 heterocycles. The number of ether oxygens (including phenoxy) is 2. The lowest BCUT2D eigenvalue weighted by atomic mass is 10.2. The van der Waals surface area contributed by atoms with Gasteiger partial charge in [-0.3, -0.25) is 9.59 Å². The molecule has 29 heavy (non-hydrogen) atoms. The van der Waals surface area contributed by atoms with Crippen LogP contribution in [0, 0.1) is 6.92 Å². The average molecular weight is 412 g/mol. The number of methoxy groups -OCH3 is 1. The Bertz CT molecular complexity index is 983. The van der Waals surface area contributed by atoms with E-state index in [2.05, 4.69) is 10.3 Å². The van der Waals surface area contributed by atoms with Crippen LogP contribution in [-0.4, -0.2) is 35.9 Å². The average Bonchev–Trinajstić information content (AvgIpc) is 3.02. The Morgan fingerprint density at radius 2 is 2.00 bits per heavy atom. The number of amides is 1. The summed E-state index contributed by atoms with van der Waals surface area (Å²) in [4.78, 5) is 27.8. The number of carbonyl (C=O) groups excluding carboxylic acids is 1. The van der Waals surface area contributed by atoms with E-state index in [0.29, 0.717) is 27.3 Å². The Hall–Kier alpha value is -3.26. The summed E-state index contributed by atoms with van der Waals surface area (Å²) in [6.07, 6.45) is 1.70.